The van der Waals surface area contributed by atoms with Crippen molar-refractivity contribution in [3.63, 3.8) is 0 Å². The zero-order chi connectivity index (χ0) is 14.7. The van der Waals surface area contributed by atoms with Gasteiger partial charge in [-0.1, -0.05) is 0 Å². The van der Waals surface area contributed by atoms with Crippen LogP contribution in [0.15, 0.2) is 40.8 Å². The highest BCUT2D eigenvalue weighted by Crippen LogP contribution is 2.26. The number of benzene rings is 1. The van der Waals surface area contributed by atoms with E-state index in [4.69, 9.17) is 14.8 Å². The Bertz CT molecular complexity index is 653. The molecule has 0 aliphatic rings. The van der Waals surface area contributed by atoms with Gasteiger partial charge >= 0.3 is 5.97 Å². The van der Waals surface area contributed by atoms with Crippen molar-refractivity contribution in [1.82, 2.24) is 0 Å². The van der Waals surface area contributed by atoms with Crippen molar-refractivity contribution >= 4 is 11.7 Å². The van der Waals surface area contributed by atoms with Gasteiger partial charge in [0.05, 0.1) is 17.7 Å². The van der Waals surface area contributed by atoms with E-state index in [1.807, 2.05) is 31.0 Å². The Kier molecular flexibility index (Phi) is 3.76. The standard InChI is InChI=1S/C15H14N2O3/c1-10(13-7-8-14(20-13)15(18)19)17(2)12-5-3-11(9-16)4-6-12/h3-8,10H,1-2H3,(H,18,19). The van der Waals surface area contributed by atoms with Crippen molar-refractivity contribution in [2.45, 2.75) is 13.0 Å². The lowest BCUT2D eigenvalue weighted by molar-refractivity contribution is 0.0660. The molecule has 0 saturated carbocycles. The molecule has 1 atom stereocenters. The first-order valence-corrected chi connectivity index (χ1v) is 6.09. The zero-order valence-electron chi connectivity index (χ0n) is 11.2. The summed E-state index contributed by atoms with van der Waals surface area (Å²) in [5, 5.41) is 17.6. The van der Waals surface area contributed by atoms with Gasteiger partial charge in [0, 0.05) is 12.7 Å². The predicted octanol–water partition coefficient (Wildman–Crippen LogP) is 3.05. The molecule has 1 unspecified atom stereocenters. The number of aromatic carboxylic acids is 1. The van der Waals surface area contributed by atoms with E-state index in [2.05, 4.69) is 6.07 Å². The summed E-state index contributed by atoms with van der Waals surface area (Å²) in [6.07, 6.45) is 0. The third-order valence-electron chi connectivity index (χ3n) is 3.23. The van der Waals surface area contributed by atoms with Crippen LogP contribution in [-0.4, -0.2) is 18.1 Å². The molecule has 20 heavy (non-hydrogen) atoms. The van der Waals surface area contributed by atoms with Gasteiger partial charge < -0.3 is 14.4 Å². The first kappa shape index (κ1) is 13.7. The summed E-state index contributed by atoms with van der Waals surface area (Å²) in [4.78, 5) is 12.8. The first-order valence-electron chi connectivity index (χ1n) is 6.09. The minimum Gasteiger partial charge on any atom is -0.475 e. The van der Waals surface area contributed by atoms with E-state index in [0.29, 0.717) is 11.3 Å². The topological polar surface area (TPSA) is 77.5 Å². The minimum absolute atomic E-state index is 0.0694. The molecule has 5 heteroatoms. The number of carbonyl (C=O) groups is 1. The van der Waals surface area contributed by atoms with E-state index in [-0.39, 0.29) is 11.8 Å². The van der Waals surface area contributed by atoms with Crippen molar-refractivity contribution in [1.29, 1.82) is 5.26 Å². The Balaban J connectivity index is 2.20. The fourth-order valence-corrected chi connectivity index (χ4v) is 1.88. The molecule has 0 bridgehead atoms. The molecule has 1 heterocycles. The Morgan fingerprint density at radius 3 is 2.45 bits per heavy atom. The van der Waals surface area contributed by atoms with Gasteiger partial charge in [-0.05, 0) is 43.3 Å². The minimum atomic E-state index is -1.08. The molecule has 1 aromatic carbocycles. The largest absolute Gasteiger partial charge is 0.475 e. The molecule has 2 rings (SSSR count). The van der Waals surface area contributed by atoms with Gasteiger partial charge in [-0.25, -0.2) is 4.79 Å². The summed E-state index contributed by atoms with van der Waals surface area (Å²) in [6, 6.07) is 12.2. The van der Waals surface area contributed by atoms with Crippen LogP contribution in [-0.2, 0) is 0 Å². The van der Waals surface area contributed by atoms with E-state index in [9.17, 15) is 4.79 Å². The summed E-state index contributed by atoms with van der Waals surface area (Å²) >= 11 is 0. The molecule has 0 aliphatic carbocycles. The summed E-state index contributed by atoms with van der Waals surface area (Å²) in [5.74, 6) is -0.571. The molecule has 102 valence electrons. The fraction of sp³-hybridized carbons (Fsp3) is 0.200. The molecule has 0 radical (unpaired) electrons. The monoisotopic (exact) mass is 270 g/mol. The van der Waals surface area contributed by atoms with Gasteiger partial charge in [-0.15, -0.1) is 0 Å². The molecular formula is C15H14N2O3. The van der Waals surface area contributed by atoms with E-state index >= 15 is 0 Å². The van der Waals surface area contributed by atoms with Gasteiger partial charge in [0.25, 0.3) is 0 Å². The lowest BCUT2D eigenvalue weighted by Gasteiger charge is -2.25. The van der Waals surface area contributed by atoms with Crippen LogP contribution >= 0.6 is 0 Å². The van der Waals surface area contributed by atoms with E-state index in [1.54, 1.807) is 18.2 Å². The lowest BCUT2D eigenvalue weighted by atomic mass is 10.1. The third kappa shape index (κ3) is 2.64. The van der Waals surface area contributed by atoms with Crippen LogP contribution in [0.3, 0.4) is 0 Å². The first-order chi connectivity index (χ1) is 9.52. The number of hydrogen-bond acceptors (Lipinski definition) is 4. The highest BCUT2D eigenvalue weighted by atomic mass is 16.4. The average molecular weight is 270 g/mol. The number of nitriles is 1. The Hall–Kier alpha value is -2.74. The number of carboxylic acids is 1. The molecule has 0 spiro atoms. The van der Waals surface area contributed by atoms with Crippen molar-refractivity contribution < 1.29 is 14.3 Å². The van der Waals surface area contributed by atoms with Gasteiger partial charge in [-0.3, -0.25) is 0 Å². The van der Waals surface area contributed by atoms with Crippen LogP contribution in [0, 0.1) is 11.3 Å². The Labute approximate surface area is 116 Å². The fourth-order valence-electron chi connectivity index (χ4n) is 1.88. The number of nitrogens with zero attached hydrogens (tertiary/aromatic N) is 2. The maximum absolute atomic E-state index is 10.8. The molecule has 1 N–H and O–H groups in total. The Morgan fingerprint density at radius 1 is 1.30 bits per heavy atom. The highest BCUT2D eigenvalue weighted by molar-refractivity contribution is 5.84. The Morgan fingerprint density at radius 2 is 1.95 bits per heavy atom. The van der Waals surface area contributed by atoms with Crippen molar-refractivity contribution in [3.8, 4) is 6.07 Å². The number of carboxylic acid groups (broad SMARTS) is 1. The second-order valence-electron chi connectivity index (χ2n) is 4.45. The molecule has 0 saturated heterocycles. The molecule has 0 amide bonds. The summed E-state index contributed by atoms with van der Waals surface area (Å²) in [6.45, 7) is 1.92. The van der Waals surface area contributed by atoms with Crippen LogP contribution in [0.25, 0.3) is 0 Å². The number of anilines is 1. The van der Waals surface area contributed by atoms with E-state index in [0.717, 1.165) is 5.69 Å². The summed E-state index contributed by atoms with van der Waals surface area (Å²) in [7, 11) is 1.88. The molecular weight excluding hydrogens is 256 g/mol. The van der Waals surface area contributed by atoms with Crippen LogP contribution < -0.4 is 4.90 Å². The van der Waals surface area contributed by atoms with Crippen LogP contribution in [0.1, 0.15) is 34.8 Å². The molecule has 0 fully saturated rings. The van der Waals surface area contributed by atoms with Crippen molar-refractivity contribution in [3.05, 3.63) is 53.5 Å². The molecule has 5 nitrogen and oxygen atoms in total. The molecule has 1 aromatic heterocycles. The predicted molar refractivity (Wildman–Crippen MR) is 73.6 cm³/mol. The zero-order valence-corrected chi connectivity index (χ0v) is 11.2. The van der Waals surface area contributed by atoms with Gasteiger partial charge in [0.2, 0.25) is 5.76 Å². The van der Waals surface area contributed by atoms with Crippen molar-refractivity contribution in [2.24, 2.45) is 0 Å². The van der Waals surface area contributed by atoms with Crippen LogP contribution in [0.4, 0.5) is 5.69 Å². The van der Waals surface area contributed by atoms with Crippen LogP contribution in [0.5, 0.6) is 0 Å². The number of hydrogen-bond donors (Lipinski definition) is 1. The third-order valence-corrected chi connectivity index (χ3v) is 3.23. The number of rotatable bonds is 4. The van der Waals surface area contributed by atoms with Gasteiger partial charge in [0.15, 0.2) is 0 Å². The second kappa shape index (κ2) is 5.49. The average Bonchev–Trinajstić information content (AvgIpc) is 2.96. The smallest absolute Gasteiger partial charge is 0.371 e. The molecule has 0 aliphatic heterocycles. The number of furan rings is 1. The van der Waals surface area contributed by atoms with E-state index < -0.39 is 5.97 Å². The quantitative estimate of drug-likeness (QED) is 0.923. The van der Waals surface area contributed by atoms with Crippen LogP contribution in [0.2, 0.25) is 0 Å². The van der Waals surface area contributed by atoms with Gasteiger partial charge in [0.1, 0.15) is 5.76 Å². The summed E-state index contributed by atoms with van der Waals surface area (Å²) < 4.78 is 5.30. The second-order valence-corrected chi connectivity index (χ2v) is 4.45. The maximum atomic E-state index is 10.8. The molecule has 2 aromatic rings. The SMILES string of the molecule is CC(c1ccc(C(=O)O)o1)N(C)c1ccc(C#N)cc1. The summed E-state index contributed by atoms with van der Waals surface area (Å²) in [5.41, 5.74) is 1.52. The lowest BCUT2D eigenvalue weighted by Crippen LogP contribution is -2.21. The van der Waals surface area contributed by atoms with Crippen molar-refractivity contribution in [2.75, 3.05) is 11.9 Å². The van der Waals surface area contributed by atoms with E-state index in [1.165, 1.54) is 6.07 Å². The maximum Gasteiger partial charge on any atom is 0.371 e. The van der Waals surface area contributed by atoms with Gasteiger partial charge in [-0.2, -0.15) is 5.26 Å². The normalized spacial score (nSPS) is 11.7. The highest BCUT2D eigenvalue weighted by Gasteiger charge is 2.18.